The summed E-state index contributed by atoms with van der Waals surface area (Å²) in [5, 5.41) is 14.7. The normalized spacial score (nSPS) is 10.4. The van der Waals surface area contributed by atoms with Crippen molar-refractivity contribution in [3.05, 3.63) is 29.8 Å². The molecule has 3 N–H and O–H groups in total. The van der Waals surface area contributed by atoms with Gasteiger partial charge in [-0.15, -0.1) is 0 Å². The molecule has 0 aliphatic heterocycles. The topological polar surface area (TPSA) is 61.4 Å². The minimum absolute atomic E-state index is 0.0381. The van der Waals surface area contributed by atoms with Crippen molar-refractivity contribution in [1.82, 2.24) is 5.32 Å². The molecule has 21 heavy (non-hydrogen) atoms. The number of anilines is 1. The molecule has 0 bridgehead atoms. The molecule has 1 rings (SSSR count). The van der Waals surface area contributed by atoms with Crippen molar-refractivity contribution < 1.29 is 9.90 Å². The van der Waals surface area contributed by atoms with Crippen molar-refractivity contribution >= 4 is 11.6 Å². The lowest BCUT2D eigenvalue weighted by Gasteiger charge is -2.08. The molecule has 0 saturated heterocycles. The average Bonchev–Trinajstić information content (AvgIpc) is 2.52. The molecule has 4 heteroatoms. The molecule has 0 unspecified atom stereocenters. The average molecular weight is 292 g/mol. The predicted molar refractivity (Wildman–Crippen MR) is 87.7 cm³/mol. The third-order valence-electron chi connectivity index (χ3n) is 3.40. The first kappa shape index (κ1) is 17.5. The van der Waals surface area contributed by atoms with E-state index in [-0.39, 0.29) is 19.1 Å². The summed E-state index contributed by atoms with van der Waals surface area (Å²) in [5.41, 5.74) is 1.66. The first-order chi connectivity index (χ1) is 10.3. The van der Waals surface area contributed by atoms with Gasteiger partial charge in [0.1, 0.15) is 0 Å². The second-order valence-electron chi connectivity index (χ2n) is 5.25. The molecule has 0 fully saturated rings. The smallest absolute Gasteiger partial charge is 0.251 e. The molecule has 4 nitrogen and oxygen atoms in total. The Kier molecular flexibility index (Phi) is 9.29. The van der Waals surface area contributed by atoms with E-state index in [1.807, 2.05) is 12.1 Å². The van der Waals surface area contributed by atoms with Gasteiger partial charge in [0.05, 0.1) is 6.61 Å². The van der Waals surface area contributed by atoms with Gasteiger partial charge in [-0.05, 0) is 30.7 Å². The fraction of sp³-hybridized carbons (Fsp3) is 0.588. The third-order valence-corrected chi connectivity index (χ3v) is 3.40. The zero-order valence-corrected chi connectivity index (χ0v) is 13.0. The fourth-order valence-corrected chi connectivity index (χ4v) is 2.15. The Bertz CT molecular complexity index is 390. The largest absolute Gasteiger partial charge is 0.395 e. The maximum absolute atomic E-state index is 11.7. The first-order valence-electron chi connectivity index (χ1n) is 8.01. The molecule has 1 aromatic rings. The predicted octanol–water partition coefficient (Wildman–Crippen LogP) is 3.18. The molecule has 1 aromatic carbocycles. The lowest BCUT2D eigenvalue weighted by molar-refractivity contribution is 0.0945. The highest BCUT2D eigenvalue weighted by molar-refractivity contribution is 5.94. The van der Waals surface area contributed by atoms with E-state index in [0.29, 0.717) is 5.56 Å². The molecule has 1 amide bonds. The molecule has 0 spiro atoms. The van der Waals surface area contributed by atoms with Crippen molar-refractivity contribution in [1.29, 1.82) is 0 Å². The summed E-state index contributed by atoms with van der Waals surface area (Å²) in [4.78, 5) is 11.7. The first-order valence-corrected chi connectivity index (χ1v) is 8.01. The van der Waals surface area contributed by atoms with Crippen LogP contribution in [0.15, 0.2) is 24.3 Å². The monoisotopic (exact) mass is 292 g/mol. The maximum atomic E-state index is 11.7. The van der Waals surface area contributed by atoms with Gasteiger partial charge in [-0.1, -0.05) is 39.0 Å². The summed E-state index contributed by atoms with van der Waals surface area (Å²) in [6.45, 7) is 3.46. The highest BCUT2D eigenvalue weighted by Gasteiger charge is 2.03. The van der Waals surface area contributed by atoms with Crippen LogP contribution in [0.5, 0.6) is 0 Å². The number of carbonyl (C=O) groups excluding carboxylic acids is 1. The molecular weight excluding hydrogens is 264 g/mol. The number of aliphatic hydroxyl groups is 1. The van der Waals surface area contributed by atoms with Gasteiger partial charge in [0.15, 0.2) is 0 Å². The third kappa shape index (κ3) is 7.71. The van der Waals surface area contributed by atoms with Crippen molar-refractivity contribution in [2.24, 2.45) is 0 Å². The van der Waals surface area contributed by atoms with Crippen LogP contribution in [0, 0.1) is 0 Å². The maximum Gasteiger partial charge on any atom is 0.251 e. The molecule has 0 radical (unpaired) electrons. The van der Waals surface area contributed by atoms with Gasteiger partial charge in [0.25, 0.3) is 5.91 Å². The van der Waals surface area contributed by atoms with Crippen LogP contribution in [-0.4, -0.2) is 30.7 Å². The number of aliphatic hydroxyl groups excluding tert-OH is 1. The van der Waals surface area contributed by atoms with Gasteiger partial charge in [0.2, 0.25) is 0 Å². The number of rotatable bonds is 11. The van der Waals surface area contributed by atoms with Crippen LogP contribution in [0.2, 0.25) is 0 Å². The number of unbranched alkanes of at least 4 members (excludes halogenated alkanes) is 5. The summed E-state index contributed by atoms with van der Waals surface area (Å²) in [6, 6.07) is 7.45. The van der Waals surface area contributed by atoms with E-state index in [1.165, 1.54) is 38.5 Å². The number of carbonyl (C=O) groups is 1. The molecule has 0 heterocycles. The van der Waals surface area contributed by atoms with Crippen LogP contribution < -0.4 is 10.6 Å². The lowest BCUT2D eigenvalue weighted by atomic mass is 10.1. The van der Waals surface area contributed by atoms with E-state index >= 15 is 0 Å². The Morgan fingerprint density at radius 3 is 2.33 bits per heavy atom. The van der Waals surface area contributed by atoms with Crippen molar-refractivity contribution in [2.75, 3.05) is 25.0 Å². The van der Waals surface area contributed by atoms with E-state index < -0.39 is 0 Å². The summed E-state index contributed by atoms with van der Waals surface area (Å²) >= 11 is 0. The molecule has 0 atom stereocenters. The van der Waals surface area contributed by atoms with Crippen LogP contribution in [0.1, 0.15) is 55.8 Å². The summed E-state index contributed by atoms with van der Waals surface area (Å²) in [5.74, 6) is -0.147. The van der Waals surface area contributed by atoms with E-state index in [0.717, 1.165) is 12.2 Å². The molecular formula is C17H28N2O2. The number of nitrogens with one attached hydrogen (secondary N) is 2. The number of amides is 1. The van der Waals surface area contributed by atoms with Crippen LogP contribution in [0.25, 0.3) is 0 Å². The summed E-state index contributed by atoms with van der Waals surface area (Å²) < 4.78 is 0. The van der Waals surface area contributed by atoms with Crippen LogP contribution >= 0.6 is 0 Å². The minimum Gasteiger partial charge on any atom is -0.395 e. The number of hydrogen-bond donors (Lipinski definition) is 3. The highest BCUT2D eigenvalue weighted by Crippen LogP contribution is 2.10. The Labute approximate surface area is 128 Å². The second kappa shape index (κ2) is 11.1. The SMILES string of the molecule is CCCCCCCCNc1ccc(C(=O)NCCO)cc1. The Balaban J connectivity index is 2.20. The van der Waals surface area contributed by atoms with Crippen LogP contribution in [0.4, 0.5) is 5.69 Å². The Morgan fingerprint density at radius 2 is 1.67 bits per heavy atom. The zero-order chi connectivity index (χ0) is 15.3. The van der Waals surface area contributed by atoms with Gasteiger partial charge < -0.3 is 15.7 Å². The fourth-order valence-electron chi connectivity index (χ4n) is 2.15. The van der Waals surface area contributed by atoms with Crippen molar-refractivity contribution in [3.63, 3.8) is 0 Å². The Morgan fingerprint density at radius 1 is 1.00 bits per heavy atom. The van der Waals surface area contributed by atoms with Gasteiger partial charge in [-0.25, -0.2) is 0 Å². The van der Waals surface area contributed by atoms with E-state index in [9.17, 15) is 4.79 Å². The van der Waals surface area contributed by atoms with Gasteiger partial charge in [-0.2, -0.15) is 0 Å². The second-order valence-corrected chi connectivity index (χ2v) is 5.25. The van der Waals surface area contributed by atoms with Gasteiger partial charge >= 0.3 is 0 Å². The molecule has 0 aliphatic rings. The van der Waals surface area contributed by atoms with Gasteiger partial charge in [0, 0.05) is 24.3 Å². The van der Waals surface area contributed by atoms with E-state index in [4.69, 9.17) is 5.11 Å². The number of benzene rings is 1. The molecule has 0 aliphatic carbocycles. The summed E-state index contributed by atoms with van der Waals surface area (Å²) in [6.07, 6.45) is 7.74. The quantitative estimate of drug-likeness (QED) is 0.549. The number of hydrogen-bond acceptors (Lipinski definition) is 3. The van der Waals surface area contributed by atoms with E-state index in [2.05, 4.69) is 17.6 Å². The molecule has 0 saturated carbocycles. The van der Waals surface area contributed by atoms with Crippen LogP contribution in [-0.2, 0) is 0 Å². The lowest BCUT2D eigenvalue weighted by Crippen LogP contribution is -2.26. The van der Waals surface area contributed by atoms with Crippen molar-refractivity contribution in [2.45, 2.75) is 45.4 Å². The molecule has 0 aromatic heterocycles. The minimum atomic E-state index is -0.147. The standard InChI is InChI=1S/C17H28N2O2/c1-2-3-4-5-6-7-12-18-16-10-8-15(9-11-16)17(21)19-13-14-20/h8-11,18,20H,2-7,12-14H2,1H3,(H,19,21). The van der Waals surface area contributed by atoms with Crippen molar-refractivity contribution in [3.8, 4) is 0 Å². The van der Waals surface area contributed by atoms with Crippen LogP contribution in [0.3, 0.4) is 0 Å². The van der Waals surface area contributed by atoms with Gasteiger partial charge in [-0.3, -0.25) is 4.79 Å². The Hall–Kier alpha value is -1.55. The highest BCUT2D eigenvalue weighted by atomic mass is 16.3. The van der Waals surface area contributed by atoms with E-state index in [1.54, 1.807) is 12.1 Å². The summed E-state index contributed by atoms with van der Waals surface area (Å²) in [7, 11) is 0. The zero-order valence-electron chi connectivity index (χ0n) is 13.0. The molecule has 118 valence electrons.